The molecule has 0 radical (unpaired) electrons. The standard InChI is InChI=1S/C31H50O5/c1-18(2)9-8-10-19(3)23-11-12-24-22-17-27(35-21(5)33)31-28(36-31)26(34-20(4)32)14-16-30(31,7)25(22)13-15-29(23,24)6/h18-19,22-28H,8-17H2,1-7H3/t19-,22-,23+,24-,25-,26+,27-,28-,29-,30-,31-/m1/s1. The van der Waals surface area contributed by atoms with E-state index in [0.717, 1.165) is 37.0 Å². The highest BCUT2D eigenvalue weighted by Crippen LogP contribution is 2.74. The van der Waals surface area contributed by atoms with Crippen molar-refractivity contribution in [2.45, 2.75) is 137 Å². The second-order valence-corrected chi connectivity index (χ2v) is 14.2. The summed E-state index contributed by atoms with van der Waals surface area (Å²) >= 11 is 0. The SMILES string of the molecule is CC(=O)O[C@H]1CC[C@]2(C)[C@@H]3CC[C@@]4(C)[C@H](CC[C@H]4[C@H](C)CCCC(C)C)[C@H]3C[C@@H](OC(C)=O)[C@]23O[C@H]13. The molecule has 11 atom stereocenters. The van der Waals surface area contributed by atoms with Gasteiger partial charge in [0.1, 0.15) is 23.9 Å². The molecule has 36 heavy (non-hydrogen) atoms. The van der Waals surface area contributed by atoms with E-state index in [4.69, 9.17) is 14.2 Å². The summed E-state index contributed by atoms with van der Waals surface area (Å²) < 4.78 is 18.3. The first-order valence-corrected chi connectivity index (χ1v) is 15.0. The highest BCUT2D eigenvalue weighted by Gasteiger charge is 2.81. The molecule has 5 aliphatic rings. The van der Waals surface area contributed by atoms with Gasteiger partial charge in [-0.05, 0) is 85.9 Å². The Morgan fingerprint density at radius 2 is 1.64 bits per heavy atom. The fourth-order valence-electron chi connectivity index (χ4n) is 10.4. The lowest BCUT2D eigenvalue weighted by Gasteiger charge is -2.61. The first-order chi connectivity index (χ1) is 16.9. The van der Waals surface area contributed by atoms with Gasteiger partial charge < -0.3 is 14.2 Å². The normalized spacial score (nSPS) is 47.7. The zero-order valence-corrected chi connectivity index (χ0v) is 23.8. The Morgan fingerprint density at radius 1 is 0.917 bits per heavy atom. The van der Waals surface area contributed by atoms with Crippen molar-refractivity contribution in [3.05, 3.63) is 0 Å². The highest BCUT2D eigenvalue weighted by atomic mass is 16.7. The van der Waals surface area contributed by atoms with Crippen molar-refractivity contribution in [1.29, 1.82) is 0 Å². The van der Waals surface area contributed by atoms with Crippen molar-refractivity contribution < 1.29 is 23.8 Å². The molecule has 4 saturated carbocycles. The summed E-state index contributed by atoms with van der Waals surface area (Å²) in [5, 5.41) is 0. The molecule has 5 rings (SSSR count). The Hall–Kier alpha value is -1.10. The first kappa shape index (κ1) is 26.5. The molecule has 0 amide bonds. The molecule has 5 nitrogen and oxygen atoms in total. The Kier molecular flexibility index (Phi) is 6.83. The van der Waals surface area contributed by atoms with Gasteiger partial charge in [0, 0.05) is 19.3 Å². The maximum Gasteiger partial charge on any atom is 0.303 e. The van der Waals surface area contributed by atoms with Gasteiger partial charge in [-0.25, -0.2) is 0 Å². The quantitative estimate of drug-likeness (QED) is 0.286. The van der Waals surface area contributed by atoms with E-state index in [2.05, 4.69) is 34.6 Å². The van der Waals surface area contributed by atoms with Crippen LogP contribution in [0.1, 0.15) is 113 Å². The fourth-order valence-corrected chi connectivity index (χ4v) is 10.4. The molecule has 4 aliphatic carbocycles. The van der Waals surface area contributed by atoms with Crippen LogP contribution in [0.2, 0.25) is 0 Å². The largest absolute Gasteiger partial charge is 0.460 e. The summed E-state index contributed by atoms with van der Waals surface area (Å²) in [6.07, 6.45) is 11.4. The number of esters is 2. The van der Waals surface area contributed by atoms with Crippen LogP contribution in [0.3, 0.4) is 0 Å². The lowest BCUT2D eigenvalue weighted by molar-refractivity contribution is -0.190. The second-order valence-electron chi connectivity index (χ2n) is 14.2. The molecular weight excluding hydrogens is 452 g/mol. The van der Waals surface area contributed by atoms with E-state index in [9.17, 15) is 9.59 Å². The third-order valence-corrected chi connectivity index (χ3v) is 11.9. The summed E-state index contributed by atoms with van der Waals surface area (Å²) in [7, 11) is 0. The van der Waals surface area contributed by atoms with Crippen molar-refractivity contribution in [2.75, 3.05) is 0 Å². The summed E-state index contributed by atoms with van der Waals surface area (Å²) in [5.74, 6) is 3.76. The number of carbonyl (C=O) groups is 2. The highest BCUT2D eigenvalue weighted by molar-refractivity contribution is 5.67. The number of hydrogen-bond acceptors (Lipinski definition) is 5. The Balaban J connectivity index is 1.39. The maximum atomic E-state index is 12.3. The average molecular weight is 503 g/mol. The van der Waals surface area contributed by atoms with E-state index in [-0.39, 0.29) is 35.7 Å². The van der Waals surface area contributed by atoms with Crippen LogP contribution in [0, 0.1) is 46.3 Å². The second kappa shape index (κ2) is 9.27. The smallest absolute Gasteiger partial charge is 0.303 e. The van der Waals surface area contributed by atoms with Crippen LogP contribution in [-0.2, 0) is 23.8 Å². The molecule has 204 valence electrons. The van der Waals surface area contributed by atoms with E-state index < -0.39 is 5.60 Å². The van der Waals surface area contributed by atoms with Crippen LogP contribution >= 0.6 is 0 Å². The van der Waals surface area contributed by atoms with Crippen molar-refractivity contribution >= 4 is 11.9 Å². The molecule has 1 saturated heterocycles. The predicted molar refractivity (Wildman–Crippen MR) is 139 cm³/mol. The molecule has 0 unspecified atom stereocenters. The fraction of sp³-hybridized carbons (Fsp3) is 0.935. The van der Waals surface area contributed by atoms with Crippen LogP contribution in [0.25, 0.3) is 0 Å². The molecule has 0 bridgehead atoms. The summed E-state index contributed by atoms with van der Waals surface area (Å²) in [6.45, 7) is 15.2. The zero-order chi connectivity index (χ0) is 26.0. The number of rotatable bonds is 7. The Labute approximate surface area is 218 Å². The monoisotopic (exact) mass is 502 g/mol. The van der Waals surface area contributed by atoms with Crippen LogP contribution < -0.4 is 0 Å². The number of carbonyl (C=O) groups excluding carboxylic acids is 2. The molecule has 1 spiro atoms. The van der Waals surface area contributed by atoms with E-state index in [1.165, 1.54) is 58.8 Å². The number of epoxide rings is 1. The van der Waals surface area contributed by atoms with E-state index >= 15 is 0 Å². The topological polar surface area (TPSA) is 65.1 Å². The molecule has 0 N–H and O–H groups in total. The van der Waals surface area contributed by atoms with Crippen molar-refractivity contribution in [3.63, 3.8) is 0 Å². The van der Waals surface area contributed by atoms with Gasteiger partial charge in [0.25, 0.3) is 0 Å². The van der Waals surface area contributed by atoms with E-state index in [0.29, 0.717) is 23.2 Å². The predicted octanol–water partition coefficient (Wildman–Crippen LogP) is 6.71. The van der Waals surface area contributed by atoms with Crippen molar-refractivity contribution in [3.8, 4) is 0 Å². The maximum absolute atomic E-state index is 12.3. The van der Waals surface area contributed by atoms with Gasteiger partial charge in [0.2, 0.25) is 0 Å². The van der Waals surface area contributed by atoms with Crippen molar-refractivity contribution in [2.24, 2.45) is 46.3 Å². The lowest BCUT2D eigenvalue weighted by atomic mass is 9.43. The minimum atomic E-state index is -0.492. The minimum Gasteiger partial charge on any atom is -0.460 e. The van der Waals surface area contributed by atoms with Crippen LogP contribution in [0.15, 0.2) is 0 Å². The van der Waals surface area contributed by atoms with Crippen LogP contribution in [0.5, 0.6) is 0 Å². The first-order valence-electron chi connectivity index (χ1n) is 15.0. The van der Waals surface area contributed by atoms with Gasteiger partial charge in [-0.3, -0.25) is 9.59 Å². The molecule has 0 aromatic heterocycles. The molecule has 5 heteroatoms. The van der Waals surface area contributed by atoms with E-state index in [1.54, 1.807) is 0 Å². The van der Waals surface area contributed by atoms with E-state index in [1.807, 2.05) is 0 Å². The van der Waals surface area contributed by atoms with Crippen molar-refractivity contribution in [1.82, 2.24) is 0 Å². The van der Waals surface area contributed by atoms with Gasteiger partial charge in [-0.2, -0.15) is 0 Å². The van der Waals surface area contributed by atoms with Crippen LogP contribution in [0.4, 0.5) is 0 Å². The molecule has 5 fully saturated rings. The molecule has 1 aliphatic heterocycles. The van der Waals surface area contributed by atoms with Gasteiger partial charge in [0.15, 0.2) is 0 Å². The van der Waals surface area contributed by atoms with Gasteiger partial charge in [0.05, 0.1) is 0 Å². The Morgan fingerprint density at radius 3 is 2.31 bits per heavy atom. The summed E-state index contributed by atoms with van der Waals surface area (Å²) in [6, 6.07) is 0. The summed E-state index contributed by atoms with van der Waals surface area (Å²) in [5.41, 5.74) is -0.146. The lowest BCUT2D eigenvalue weighted by Crippen LogP contribution is -2.64. The van der Waals surface area contributed by atoms with Crippen LogP contribution in [-0.4, -0.2) is 35.9 Å². The summed E-state index contributed by atoms with van der Waals surface area (Å²) in [4.78, 5) is 24.1. The van der Waals surface area contributed by atoms with Gasteiger partial charge >= 0.3 is 11.9 Å². The van der Waals surface area contributed by atoms with Gasteiger partial charge in [-0.1, -0.05) is 53.9 Å². The number of ether oxygens (including phenoxy) is 3. The molecular formula is C31H50O5. The zero-order valence-electron chi connectivity index (χ0n) is 23.8. The van der Waals surface area contributed by atoms with Gasteiger partial charge in [-0.15, -0.1) is 0 Å². The molecule has 1 heterocycles. The minimum absolute atomic E-state index is 0.0420. The molecule has 0 aromatic rings. The number of fused-ring (bicyclic) bond motifs is 4. The Bertz CT molecular complexity index is 869. The number of hydrogen-bond donors (Lipinski definition) is 0. The average Bonchev–Trinajstić information content (AvgIpc) is 3.45. The molecule has 0 aromatic carbocycles. The third kappa shape index (κ3) is 3.96. The third-order valence-electron chi connectivity index (χ3n) is 11.9.